The van der Waals surface area contributed by atoms with Gasteiger partial charge in [0.1, 0.15) is 5.75 Å². The zero-order valence-electron chi connectivity index (χ0n) is 16.2. The topological polar surface area (TPSA) is 58.5 Å². The molecule has 0 fully saturated rings. The first-order valence-corrected chi connectivity index (χ1v) is 9.12. The second kappa shape index (κ2) is 9.80. The quantitative estimate of drug-likeness (QED) is 0.565. The Hall–Kier alpha value is -2.56. The third-order valence-electron chi connectivity index (χ3n) is 4.23. The fourth-order valence-electron chi connectivity index (χ4n) is 2.61. The number of nitrogens with zero attached hydrogens (tertiary/aromatic N) is 2. The molecule has 0 amide bonds. The zero-order chi connectivity index (χ0) is 18.8. The summed E-state index contributed by atoms with van der Waals surface area (Å²) in [6.45, 7) is 8.77. The highest BCUT2D eigenvalue weighted by molar-refractivity contribution is 5.79. The zero-order valence-corrected chi connectivity index (χ0v) is 16.2. The Morgan fingerprint density at radius 1 is 1.15 bits per heavy atom. The van der Waals surface area contributed by atoms with Gasteiger partial charge in [-0.2, -0.15) is 0 Å². The molecule has 0 bridgehead atoms. The third-order valence-corrected chi connectivity index (χ3v) is 4.23. The molecule has 0 radical (unpaired) electrons. The van der Waals surface area contributed by atoms with Crippen molar-refractivity contribution in [1.82, 2.24) is 15.6 Å². The van der Waals surface area contributed by atoms with Gasteiger partial charge in [-0.1, -0.05) is 32.0 Å². The van der Waals surface area contributed by atoms with E-state index in [9.17, 15) is 0 Å². The first-order chi connectivity index (χ1) is 12.5. The first kappa shape index (κ1) is 19.8. The lowest BCUT2D eigenvalue weighted by molar-refractivity contribution is 0.412. The first-order valence-electron chi connectivity index (χ1n) is 9.12. The number of pyridine rings is 1. The van der Waals surface area contributed by atoms with Gasteiger partial charge in [0, 0.05) is 36.8 Å². The molecule has 26 heavy (non-hydrogen) atoms. The van der Waals surface area contributed by atoms with Crippen molar-refractivity contribution in [2.45, 2.75) is 32.6 Å². The average Bonchev–Trinajstić information content (AvgIpc) is 2.67. The third kappa shape index (κ3) is 6.06. The summed E-state index contributed by atoms with van der Waals surface area (Å²) in [5.74, 6) is 1.71. The van der Waals surface area contributed by atoms with Crippen LogP contribution in [0.4, 0.5) is 0 Å². The summed E-state index contributed by atoms with van der Waals surface area (Å²) in [4.78, 5) is 9.13. The van der Waals surface area contributed by atoms with Crippen molar-refractivity contribution < 1.29 is 4.74 Å². The van der Waals surface area contributed by atoms with Crippen molar-refractivity contribution in [2.24, 2.45) is 4.99 Å². The molecular weight excluding hydrogens is 324 g/mol. The largest absolute Gasteiger partial charge is 0.497 e. The number of guanidine groups is 1. The molecule has 2 N–H and O–H groups in total. The van der Waals surface area contributed by atoms with Crippen molar-refractivity contribution >= 4 is 5.96 Å². The van der Waals surface area contributed by atoms with Gasteiger partial charge >= 0.3 is 0 Å². The van der Waals surface area contributed by atoms with Gasteiger partial charge in [-0.3, -0.25) is 9.98 Å². The number of rotatable bonds is 8. The number of aromatic nitrogens is 1. The minimum Gasteiger partial charge on any atom is -0.497 e. The predicted molar refractivity (Wildman–Crippen MR) is 108 cm³/mol. The van der Waals surface area contributed by atoms with Gasteiger partial charge in [0.05, 0.1) is 13.7 Å². The van der Waals surface area contributed by atoms with Gasteiger partial charge in [-0.25, -0.2) is 0 Å². The maximum Gasteiger partial charge on any atom is 0.191 e. The van der Waals surface area contributed by atoms with Crippen LogP contribution in [0.15, 0.2) is 53.7 Å². The Morgan fingerprint density at radius 2 is 2.00 bits per heavy atom. The molecule has 2 rings (SSSR count). The second-order valence-corrected chi connectivity index (χ2v) is 6.81. The van der Waals surface area contributed by atoms with Crippen LogP contribution >= 0.6 is 0 Å². The van der Waals surface area contributed by atoms with Gasteiger partial charge in [-0.05, 0) is 36.8 Å². The number of benzene rings is 1. The van der Waals surface area contributed by atoms with Crippen LogP contribution in [0.5, 0.6) is 5.75 Å². The number of nitrogens with one attached hydrogen (secondary N) is 2. The summed E-state index contributed by atoms with van der Waals surface area (Å²) >= 11 is 0. The number of methoxy groups -OCH3 is 1. The number of hydrogen-bond donors (Lipinski definition) is 2. The van der Waals surface area contributed by atoms with E-state index in [4.69, 9.17) is 9.73 Å². The summed E-state index contributed by atoms with van der Waals surface area (Å²) in [6, 6.07) is 14.2. The van der Waals surface area contributed by atoms with E-state index in [-0.39, 0.29) is 5.41 Å². The van der Waals surface area contributed by atoms with E-state index in [1.54, 1.807) is 7.11 Å². The van der Waals surface area contributed by atoms with Gasteiger partial charge in [0.2, 0.25) is 0 Å². The molecule has 2 aromatic rings. The molecule has 5 heteroatoms. The number of aliphatic imine (C=N–C) groups is 1. The maximum absolute atomic E-state index is 5.34. The van der Waals surface area contributed by atoms with Crippen molar-refractivity contribution in [3.63, 3.8) is 0 Å². The highest BCUT2D eigenvalue weighted by Crippen LogP contribution is 2.26. The fraction of sp³-hybridized carbons (Fsp3) is 0.429. The Kier molecular flexibility index (Phi) is 7.45. The van der Waals surface area contributed by atoms with E-state index < -0.39 is 0 Å². The lowest BCUT2D eigenvalue weighted by Gasteiger charge is -2.24. The van der Waals surface area contributed by atoms with Gasteiger partial charge in [-0.15, -0.1) is 0 Å². The molecule has 0 saturated heterocycles. The van der Waals surface area contributed by atoms with Crippen LogP contribution in [0.1, 0.15) is 32.0 Å². The smallest absolute Gasteiger partial charge is 0.191 e. The van der Waals surface area contributed by atoms with E-state index in [0.29, 0.717) is 6.54 Å². The van der Waals surface area contributed by atoms with E-state index in [2.05, 4.69) is 48.5 Å². The monoisotopic (exact) mass is 354 g/mol. The molecule has 0 unspecified atom stereocenters. The Morgan fingerprint density at radius 3 is 2.69 bits per heavy atom. The van der Waals surface area contributed by atoms with Crippen molar-refractivity contribution in [3.8, 4) is 5.75 Å². The Labute approximate surface area is 156 Å². The summed E-state index contributed by atoms with van der Waals surface area (Å²) in [5.41, 5.74) is 2.20. The molecule has 5 nitrogen and oxygen atoms in total. The molecule has 1 aromatic carbocycles. The summed E-state index contributed by atoms with van der Waals surface area (Å²) < 4.78 is 5.34. The van der Waals surface area contributed by atoms with Crippen molar-refractivity contribution in [2.75, 3.05) is 26.7 Å². The minimum atomic E-state index is -0.0854. The van der Waals surface area contributed by atoms with Crippen LogP contribution in [0.3, 0.4) is 0 Å². The highest BCUT2D eigenvalue weighted by atomic mass is 16.5. The summed E-state index contributed by atoms with van der Waals surface area (Å²) in [6.07, 6.45) is 2.69. The maximum atomic E-state index is 5.34. The van der Waals surface area contributed by atoms with Crippen LogP contribution in [-0.2, 0) is 11.8 Å². The fourth-order valence-corrected chi connectivity index (χ4v) is 2.61. The normalized spacial score (nSPS) is 11.9. The molecule has 0 aliphatic rings. The van der Waals surface area contributed by atoms with Crippen LogP contribution < -0.4 is 15.4 Å². The number of ether oxygens (including phenoxy) is 1. The molecule has 0 atom stereocenters. The SMILES string of the molecule is CCNC(=NCC(C)(C)c1cccc(OC)c1)NCCc1ccccn1. The predicted octanol–water partition coefficient (Wildman–Crippen LogP) is 3.17. The Bertz CT molecular complexity index is 698. The lowest BCUT2D eigenvalue weighted by atomic mass is 9.85. The van der Waals surface area contributed by atoms with Crippen molar-refractivity contribution in [3.05, 3.63) is 59.9 Å². The van der Waals surface area contributed by atoms with E-state index in [0.717, 1.165) is 36.9 Å². The molecule has 1 heterocycles. The van der Waals surface area contributed by atoms with Crippen LogP contribution in [0.25, 0.3) is 0 Å². The summed E-state index contributed by atoms with van der Waals surface area (Å²) in [7, 11) is 1.69. The molecule has 0 spiro atoms. The van der Waals surface area contributed by atoms with Gasteiger partial charge in [0.15, 0.2) is 5.96 Å². The second-order valence-electron chi connectivity index (χ2n) is 6.81. The Balaban J connectivity index is 1.97. The van der Waals surface area contributed by atoms with E-state index in [1.165, 1.54) is 5.56 Å². The molecule has 0 aliphatic carbocycles. The molecule has 1 aromatic heterocycles. The standard InChI is InChI=1S/C21H30N4O/c1-5-22-20(24-14-12-18-10-6-7-13-23-18)25-16-21(2,3)17-9-8-11-19(15-17)26-4/h6-11,13,15H,5,12,14,16H2,1-4H3,(H2,22,24,25). The lowest BCUT2D eigenvalue weighted by Crippen LogP contribution is -2.39. The van der Waals surface area contributed by atoms with Gasteiger partial charge in [0.25, 0.3) is 0 Å². The van der Waals surface area contributed by atoms with Crippen LogP contribution in [-0.4, -0.2) is 37.7 Å². The summed E-state index contributed by atoms with van der Waals surface area (Å²) in [5, 5.41) is 6.70. The van der Waals surface area contributed by atoms with E-state index >= 15 is 0 Å². The average molecular weight is 354 g/mol. The van der Waals surface area contributed by atoms with Gasteiger partial charge < -0.3 is 15.4 Å². The molecule has 0 aliphatic heterocycles. The minimum absolute atomic E-state index is 0.0854. The molecule has 140 valence electrons. The number of hydrogen-bond acceptors (Lipinski definition) is 3. The highest BCUT2D eigenvalue weighted by Gasteiger charge is 2.21. The molecule has 0 saturated carbocycles. The van der Waals surface area contributed by atoms with Crippen LogP contribution in [0.2, 0.25) is 0 Å². The van der Waals surface area contributed by atoms with E-state index in [1.807, 2.05) is 36.5 Å². The van der Waals surface area contributed by atoms with Crippen molar-refractivity contribution in [1.29, 1.82) is 0 Å². The van der Waals surface area contributed by atoms with Crippen LogP contribution in [0, 0.1) is 0 Å². The molecular formula is C21H30N4O.